The minimum Gasteiger partial charge on any atom is -0.385 e. The van der Waals surface area contributed by atoms with Crippen molar-refractivity contribution < 1.29 is 23.1 Å². The molecule has 1 aromatic heterocycles. The Morgan fingerprint density at radius 3 is 2.65 bits per heavy atom. The fourth-order valence-corrected chi connectivity index (χ4v) is 4.05. The second-order valence-electron chi connectivity index (χ2n) is 7.59. The first-order valence-corrected chi connectivity index (χ1v) is 10.1. The van der Waals surface area contributed by atoms with Gasteiger partial charge in [-0.1, -0.05) is 35.9 Å². The van der Waals surface area contributed by atoms with Gasteiger partial charge in [-0.15, -0.1) is 0 Å². The molecule has 31 heavy (non-hydrogen) atoms. The van der Waals surface area contributed by atoms with Crippen molar-refractivity contribution >= 4 is 28.5 Å². The maximum atomic E-state index is 13.2. The highest BCUT2D eigenvalue weighted by Crippen LogP contribution is 2.39. The molecule has 0 aliphatic carbocycles. The van der Waals surface area contributed by atoms with Crippen LogP contribution >= 0.6 is 11.6 Å². The number of likely N-dealkylation sites (tertiary alicyclic amines) is 1. The van der Waals surface area contributed by atoms with E-state index in [9.17, 15) is 23.1 Å². The number of aromatic nitrogens is 2. The number of halogens is 4. The first-order chi connectivity index (χ1) is 14.7. The number of hydrogen-bond donors (Lipinski definition) is 3. The summed E-state index contributed by atoms with van der Waals surface area (Å²) in [6.45, 7) is 0.665. The summed E-state index contributed by atoms with van der Waals surface area (Å²) in [5, 5.41) is 21.3. The van der Waals surface area contributed by atoms with Gasteiger partial charge in [0.25, 0.3) is 0 Å². The molecular weight excluding hydrogens is 433 g/mol. The normalized spacial score (nSPS) is 16.5. The topological polar surface area (TPSA) is 81.2 Å². The summed E-state index contributed by atoms with van der Waals surface area (Å²) in [4.78, 5) is 14.1. The second kappa shape index (κ2) is 8.05. The molecular formula is C21H20ClF3N4O2. The fourth-order valence-electron chi connectivity index (χ4n) is 3.83. The van der Waals surface area contributed by atoms with Gasteiger partial charge in [-0.3, -0.25) is 5.10 Å². The van der Waals surface area contributed by atoms with E-state index in [4.69, 9.17) is 11.6 Å². The van der Waals surface area contributed by atoms with Crippen LogP contribution in [0.1, 0.15) is 29.7 Å². The summed E-state index contributed by atoms with van der Waals surface area (Å²) in [5.41, 5.74) is -0.712. The summed E-state index contributed by atoms with van der Waals surface area (Å²) in [7, 11) is 0. The number of carbonyl (C=O) groups is 1. The van der Waals surface area contributed by atoms with Gasteiger partial charge < -0.3 is 15.3 Å². The first-order valence-electron chi connectivity index (χ1n) is 9.72. The first kappa shape index (κ1) is 21.5. The molecule has 3 N–H and O–H groups in total. The van der Waals surface area contributed by atoms with Crippen molar-refractivity contribution in [2.45, 2.75) is 31.2 Å². The zero-order chi connectivity index (χ0) is 22.2. The van der Waals surface area contributed by atoms with Gasteiger partial charge >= 0.3 is 12.2 Å². The summed E-state index contributed by atoms with van der Waals surface area (Å²) >= 11 is 5.67. The second-order valence-corrected chi connectivity index (χ2v) is 8.00. The number of nitrogens with zero attached hydrogens (tertiary/aromatic N) is 2. The lowest BCUT2D eigenvalue weighted by Crippen LogP contribution is -2.48. The predicted octanol–water partition coefficient (Wildman–Crippen LogP) is 4.43. The Kier molecular flexibility index (Phi) is 5.57. The Bertz CT molecular complexity index is 1110. The van der Waals surface area contributed by atoms with Crippen LogP contribution in [-0.4, -0.2) is 39.3 Å². The summed E-state index contributed by atoms with van der Waals surface area (Å²) < 4.78 is 39.5. The number of urea groups is 1. The zero-order valence-electron chi connectivity index (χ0n) is 16.3. The van der Waals surface area contributed by atoms with Crippen molar-refractivity contribution in [3.05, 3.63) is 64.3 Å². The van der Waals surface area contributed by atoms with E-state index in [1.165, 1.54) is 11.0 Å². The number of aromatic amines is 1. The van der Waals surface area contributed by atoms with Crippen molar-refractivity contribution in [1.82, 2.24) is 20.4 Å². The Labute approximate surface area is 181 Å². The number of amides is 2. The van der Waals surface area contributed by atoms with Gasteiger partial charge in [0, 0.05) is 18.5 Å². The average Bonchev–Trinajstić information content (AvgIpc) is 3.15. The molecule has 3 aromatic rings. The van der Waals surface area contributed by atoms with Gasteiger partial charge in [0.15, 0.2) is 0 Å². The minimum absolute atomic E-state index is 0.117. The van der Waals surface area contributed by atoms with Crippen LogP contribution in [0.3, 0.4) is 0 Å². The molecule has 1 saturated heterocycles. The van der Waals surface area contributed by atoms with Crippen LogP contribution in [0.2, 0.25) is 5.02 Å². The zero-order valence-corrected chi connectivity index (χ0v) is 17.1. The molecule has 1 aliphatic rings. The lowest BCUT2D eigenvalue weighted by molar-refractivity contribution is -0.137. The van der Waals surface area contributed by atoms with Crippen molar-refractivity contribution in [3.8, 4) is 0 Å². The maximum Gasteiger partial charge on any atom is 0.417 e. The van der Waals surface area contributed by atoms with Crippen molar-refractivity contribution in [3.63, 3.8) is 0 Å². The third kappa shape index (κ3) is 4.33. The largest absolute Gasteiger partial charge is 0.417 e. The van der Waals surface area contributed by atoms with Crippen molar-refractivity contribution in [2.24, 2.45) is 0 Å². The summed E-state index contributed by atoms with van der Waals surface area (Å²) in [5.74, 6) is 0. The molecule has 0 atom stereocenters. The average molecular weight is 453 g/mol. The van der Waals surface area contributed by atoms with Gasteiger partial charge in [-0.05, 0) is 36.6 Å². The Morgan fingerprint density at radius 1 is 1.23 bits per heavy atom. The maximum absolute atomic E-state index is 13.2. The third-order valence-electron chi connectivity index (χ3n) is 5.64. The van der Waals surface area contributed by atoms with Gasteiger partial charge in [-0.25, -0.2) is 4.79 Å². The van der Waals surface area contributed by atoms with Gasteiger partial charge in [-0.2, -0.15) is 18.3 Å². The van der Waals surface area contributed by atoms with E-state index in [1.54, 1.807) is 0 Å². The van der Waals surface area contributed by atoms with E-state index in [1.807, 2.05) is 24.3 Å². The quantitative estimate of drug-likeness (QED) is 0.550. The molecule has 0 saturated carbocycles. The minimum atomic E-state index is -4.61. The van der Waals surface area contributed by atoms with E-state index < -0.39 is 22.4 Å². The van der Waals surface area contributed by atoms with E-state index >= 15 is 0 Å². The number of hydrogen-bond acceptors (Lipinski definition) is 3. The van der Waals surface area contributed by atoms with E-state index in [0.717, 1.165) is 28.7 Å². The molecule has 0 spiro atoms. The van der Waals surface area contributed by atoms with Crippen LogP contribution in [-0.2, 0) is 18.3 Å². The lowest BCUT2D eigenvalue weighted by atomic mass is 9.84. The fraction of sp³-hybridized carbons (Fsp3) is 0.333. The monoisotopic (exact) mass is 452 g/mol. The standard InChI is InChI=1S/C21H20ClF3N4O2/c22-16-6-5-13(11-15(16)21(23,24)25)20(31)7-9-29(10-8-20)19(30)26-12-18-14-3-1-2-4-17(14)27-28-18/h1-6,11,31H,7-10,12H2,(H,26,30)(H,27,28). The molecule has 10 heteroatoms. The molecule has 2 amide bonds. The number of para-hydroxylation sites is 1. The van der Waals surface area contributed by atoms with Gasteiger partial charge in [0.1, 0.15) is 0 Å². The smallest absolute Gasteiger partial charge is 0.385 e. The Morgan fingerprint density at radius 2 is 1.94 bits per heavy atom. The number of fused-ring (bicyclic) bond motifs is 1. The molecule has 1 aliphatic heterocycles. The summed E-state index contributed by atoms with van der Waals surface area (Å²) in [6.07, 6.45) is -4.38. The molecule has 0 radical (unpaired) electrons. The number of nitrogens with one attached hydrogen (secondary N) is 2. The van der Waals surface area contributed by atoms with E-state index in [0.29, 0.717) is 0 Å². The Hall–Kier alpha value is -2.78. The van der Waals surface area contributed by atoms with Crippen LogP contribution in [0.5, 0.6) is 0 Å². The van der Waals surface area contributed by atoms with Crippen molar-refractivity contribution in [2.75, 3.05) is 13.1 Å². The van der Waals surface area contributed by atoms with Crippen LogP contribution in [0.4, 0.5) is 18.0 Å². The molecule has 0 unspecified atom stereocenters. The van der Waals surface area contributed by atoms with Crippen LogP contribution < -0.4 is 5.32 Å². The molecule has 2 aromatic carbocycles. The Balaban J connectivity index is 1.39. The van der Waals surface area contributed by atoms with Crippen LogP contribution in [0.25, 0.3) is 10.9 Å². The highest BCUT2D eigenvalue weighted by atomic mass is 35.5. The SMILES string of the molecule is O=C(NCc1[nH]nc2ccccc12)N1CCC(O)(c2ccc(Cl)c(C(F)(F)F)c2)CC1. The lowest BCUT2D eigenvalue weighted by Gasteiger charge is -2.38. The number of benzene rings is 2. The van der Waals surface area contributed by atoms with Crippen LogP contribution in [0.15, 0.2) is 42.5 Å². The molecule has 4 rings (SSSR count). The number of aliphatic hydroxyl groups is 1. The third-order valence-corrected chi connectivity index (χ3v) is 5.97. The molecule has 1 fully saturated rings. The highest BCUT2D eigenvalue weighted by Gasteiger charge is 2.39. The van der Waals surface area contributed by atoms with Crippen LogP contribution in [0, 0.1) is 0 Å². The number of alkyl halides is 3. The van der Waals surface area contributed by atoms with Crippen molar-refractivity contribution in [1.29, 1.82) is 0 Å². The number of H-pyrrole nitrogens is 1. The molecule has 164 valence electrons. The molecule has 2 heterocycles. The molecule has 0 bridgehead atoms. The van der Waals surface area contributed by atoms with Gasteiger partial charge in [0.05, 0.1) is 33.9 Å². The molecule has 6 nitrogen and oxygen atoms in total. The van der Waals surface area contributed by atoms with E-state index in [2.05, 4.69) is 15.5 Å². The highest BCUT2D eigenvalue weighted by molar-refractivity contribution is 6.31. The number of piperidine rings is 1. The summed E-state index contributed by atoms with van der Waals surface area (Å²) in [6, 6.07) is 10.7. The predicted molar refractivity (Wildman–Crippen MR) is 109 cm³/mol. The number of carbonyl (C=O) groups excluding carboxylic acids is 1. The van der Waals surface area contributed by atoms with Gasteiger partial charge in [0.2, 0.25) is 0 Å². The number of rotatable bonds is 3. The van der Waals surface area contributed by atoms with E-state index in [-0.39, 0.29) is 44.1 Å².